The molecule has 0 N–H and O–H groups in total. The fourth-order valence-corrected chi connectivity index (χ4v) is 14.8. The highest BCUT2D eigenvalue weighted by molar-refractivity contribution is 6.21. The second-order valence-electron chi connectivity index (χ2n) is 23.2. The Kier molecular flexibility index (Phi) is 10.8. The summed E-state index contributed by atoms with van der Waals surface area (Å²) in [7, 11) is 0. The highest BCUT2D eigenvalue weighted by Gasteiger charge is 2.54. The van der Waals surface area contributed by atoms with E-state index in [1.54, 1.807) is 12.1 Å². The summed E-state index contributed by atoms with van der Waals surface area (Å²) in [5, 5.41) is 7.31. The Morgan fingerprint density at radius 2 is 0.698 bits per heavy atom. The van der Waals surface area contributed by atoms with Crippen LogP contribution in [0.25, 0.3) is 76.5 Å². The summed E-state index contributed by atoms with van der Waals surface area (Å²) >= 11 is 0. The predicted octanol–water partition coefficient (Wildman–Crippen LogP) is 22.4. The lowest BCUT2D eigenvalue weighted by Gasteiger charge is -2.45. The average molecular weight is 1110 g/mol. The molecular formula is C79H53F2N3O2. The summed E-state index contributed by atoms with van der Waals surface area (Å²) < 4.78 is 45.6. The number of rotatable bonds is 7. The minimum absolute atomic E-state index is 0.225. The Morgan fingerprint density at radius 1 is 0.314 bits per heavy atom. The number of nitrogens with zero attached hydrogens (tertiary/aromatic N) is 3. The van der Waals surface area contributed by atoms with Gasteiger partial charge in [0.15, 0.2) is 34.0 Å². The molecule has 5 nitrogen and oxygen atoms in total. The van der Waals surface area contributed by atoms with Crippen LogP contribution in [0.4, 0.5) is 60.0 Å². The fraction of sp³-hybridized carbons (Fsp3) is 0.0633. The molecule has 86 heavy (non-hydrogen) atoms. The molecule has 1 aliphatic heterocycles. The van der Waals surface area contributed by atoms with Crippen LogP contribution in [0.15, 0.2) is 258 Å². The van der Waals surface area contributed by atoms with Crippen LogP contribution < -0.4 is 14.7 Å². The van der Waals surface area contributed by atoms with E-state index in [2.05, 4.69) is 243 Å². The van der Waals surface area contributed by atoms with E-state index in [9.17, 15) is 0 Å². The number of furan rings is 2. The number of aryl methyl sites for hydroxylation is 4. The number of halogens is 2. The lowest BCUT2D eigenvalue weighted by molar-refractivity contribution is 0.584. The van der Waals surface area contributed by atoms with Crippen molar-refractivity contribution in [1.82, 2.24) is 0 Å². The van der Waals surface area contributed by atoms with Crippen LogP contribution in [0.5, 0.6) is 0 Å². The monoisotopic (exact) mass is 1110 g/mol. The van der Waals surface area contributed by atoms with Crippen LogP contribution in [-0.2, 0) is 5.41 Å². The van der Waals surface area contributed by atoms with Crippen molar-refractivity contribution >= 4 is 117 Å². The van der Waals surface area contributed by atoms with Gasteiger partial charge in [-0.05, 0) is 156 Å². The van der Waals surface area contributed by atoms with Crippen molar-refractivity contribution < 1.29 is 17.6 Å². The van der Waals surface area contributed by atoms with Crippen molar-refractivity contribution in [2.45, 2.75) is 33.1 Å². The molecule has 1 aliphatic carbocycles. The second-order valence-corrected chi connectivity index (χ2v) is 23.2. The number of hydrogen-bond donors (Lipinski definition) is 0. The van der Waals surface area contributed by atoms with Gasteiger partial charge in [0.2, 0.25) is 0 Å². The molecule has 2 aliphatic rings. The topological polar surface area (TPSA) is 36.0 Å². The number of fused-ring (bicyclic) bond motifs is 19. The molecule has 1 spiro atoms. The molecule has 0 bridgehead atoms. The van der Waals surface area contributed by atoms with Crippen molar-refractivity contribution in [2.24, 2.45) is 0 Å². The Morgan fingerprint density at radius 3 is 1.15 bits per heavy atom. The zero-order valence-corrected chi connectivity index (χ0v) is 47.6. The quantitative estimate of drug-likeness (QED) is 0.159. The van der Waals surface area contributed by atoms with Gasteiger partial charge in [-0.2, -0.15) is 0 Å². The van der Waals surface area contributed by atoms with Crippen LogP contribution in [0.3, 0.4) is 0 Å². The van der Waals surface area contributed by atoms with Crippen molar-refractivity contribution in [2.75, 3.05) is 14.7 Å². The predicted molar refractivity (Wildman–Crippen MR) is 350 cm³/mol. The van der Waals surface area contributed by atoms with Gasteiger partial charge in [-0.3, -0.25) is 0 Å². The van der Waals surface area contributed by atoms with Crippen molar-refractivity contribution in [1.29, 1.82) is 0 Å². The molecule has 17 rings (SSSR count). The zero-order valence-electron chi connectivity index (χ0n) is 47.6. The van der Waals surface area contributed by atoms with Gasteiger partial charge in [0.1, 0.15) is 0 Å². The molecule has 13 aromatic carbocycles. The molecular weight excluding hydrogens is 1060 g/mol. The third-order valence-corrected chi connectivity index (χ3v) is 18.3. The first-order valence-electron chi connectivity index (χ1n) is 29.3. The number of benzene rings is 13. The van der Waals surface area contributed by atoms with Gasteiger partial charge in [-0.25, -0.2) is 8.78 Å². The maximum Gasteiger partial charge on any atom is 0.171 e. The van der Waals surface area contributed by atoms with Gasteiger partial charge in [-0.1, -0.05) is 187 Å². The number of hydrogen-bond acceptors (Lipinski definition) is 5. The van der Waals surface area contributed by atoms with Gasteiger partial charge in [-0.15, -0.1) is 0 Å². The highest BCUT2D eigenvalue weighted by atomic mass is 19.1. The lowest BCUT2D eigenvalue weighted by Crippen LogP contribution is -2.36. The molecule has 0 radical (unpaired) electrons. The molecule has 3 heterocycles. The largest absolute Gasteiger partial charge is 0.451 e. The SMILES string of the molecule is Cc1ccc(N(c2cc3c(c4ccccc24)-c2c(cc(N(c4ccc(C)cc4C)c4cccc5c4oc4c(F)cccc45)c4ccccc24)C32c3ccccc3N(c3ccccc3)c3ccccc32)c2cccc3c2oc2c(F)cccc23)c(C)c1. The first-order chi connectivity index (χ1) is 42.2. The normalized spacial score (nSPS) is 13.1. The van der Waals surface area contributed by atoms with Gasteiger partial charge >= 0.3 is 0 Å². The van der Waals surface area contributed by atoms with Gasteiger partial charge < -0.3 is 23.5 Å². The first-order valence-corrected chi connectivity index (χ1v) is 29.3. The van der Waals surface area contributed by atoms with Gasteiger partial charge in [0, 0.05) is 49.4 Å². The molecule has 0 unspecified atom stereocenters. The third kappa shape index (κ3) is 6.91. The highest BCUT2D eigenvalue weighted by Crippen LogP contribution is 2.68. The molecule has 0 atom stereocenters. The third-order valence-electron chi connectivity index (χ3n) is 18.3. The Bertz CT molecular complexity index is 5050. The van der Waals surface area contributed by atoms with Crippen LogP contribution in [0.2, 0.25) is 0 Å². The van der Waals surface area contributed by atoms with Gasteiger partial charge in [0.05, 0.1) is 39.5 Å². The summed E-state index contributed by atoms with van der Waals surface area (Å²) in [5.41, 5.74) is 20.4. The minimum atomic E-state index is -0.994. The number of para-hydroxylation sites is 7. The molecule has 7 heteroatoms. The van der Waals surface area contributed by atoms with E-state index in [-0.39, 0.29) is 11.2 Å². The molecule has 0 amide bonds. The van der Waals surface area contributed by atoms with E-state index in [4.69, 9.17) is 8.83 Å². The summed E-state index contributed by atoms with van der Waals surface area (Å²) in [6.45, 7) is 8.60. The van der Waals surface area contributed by atoms with E-state index in [0.717, 1.165) is 150 Å². The minimum Gasteiger partial charge on any atom is -0.451 e. The van der Waals surface area contributed by atoms with Crippen molar-refractivity contribution in [3.05, 3.63) is 305 Å². The van der Waals surface area contributed by atoms with Crippen LogP contribution in [0, 0.1) is 39.3 Å². The van der Waals surface area contributed by atoms with Crippen LogP contribution in [0.1, 0.15) is 44.5 Å². The Labute approximate surface area is 495 Å². The maximum atomic E-state index is 16.0. The summed E-state index contributed by atoms with van der Waals surface area (Å²) in [4.78, 5) is 7.13. The number of anilines is 9. The lowest BCUT2D eigenvalue weighted by atomic mass is 9.64. The summed E-state index contributed by atoms with van der Waals surface area (Å²) in [6, 6.07) is 87.1. The van der Waals surface area contributed by atoms with E-state index in [1.165, 1.54) is 12.1 Å². The van der Waals surface area contributed by atoms with E-state index >= 15 is 8.78 Å². The maximum absolute atomic E-state index is 16.0. The van der Waals surface area contributed by atoms with E-state index < -0.39 is 17.0 Å². The molecule has 410 valence electrons. The molecule has 0 saturated heterocycles. The first kappa shape index (κ1) is 49.8. The molecule has 0 fully saturated rings. The standard InChI is InChI=1S/C79H53F2N3O2/c1-46-38-40-65(48(3)42-46)83(69-36-18-28-57-55-26-16-32-63(80)75(55)85-77(57)69)71-44-61-73(53-24-10-8-22-51(53)71)74-54-25-11-9-23-52(54)72(84(66-41-39-47(2)43-49(66)4)70-37-19-29-58-56-27-17-33-64(81)76(56)86-78(58)70)45-62(74)79(61)59-30-12-14-34-67(59)82(50-20-6-5-7-21-50)68-35-15-13-31-60(68)79/h5-45H,1-4H3. The summed E-state index contributed by atoms with van der Waals surface area (Å²) in [5.74, 6) is -0.814. The van der Waals surface area contributed by atoms with E-state index in [1.807, 2.05) is 24.3 Å². The van der Waals surface area contributed by atoms with Crippen LogP contribution in [-0.4, -0.2) is 0 Å². The Balaban J connectivity index is 1.05. The smallest absolute Gasteiger partial charge is 0.171 e. The van der Waals surface area contributed by atoms with Crippen LogP contribution >= 0.6 is 0 Å². The Hall–Kier alpha value is -10.8. The molecule has 15 aromatic rings. The average Bonchev–Trinajstić information content (AvgIpc) is 1.46. The molecule has 2 aromatic heterocycles. The zero-order chi connectivity index (χ0) is 57.7. The van der Waals surface area contributed by atoms with Crippen molar-refractivity contribution in [3.63, 3.8) is 0 Å². The second kappa shape index (κ2) is 18.6. The summed E-state index contributed by atoms with van der Waals surface area (Å²) in [6.07, 6.45) is 0. The van der Waals surface area contributed by atoms with Gasteiger partial charge in [0.25, 0.3) is 0 Å². The molecule has 0 saturated carbocycles. The van der Waals surface area contributed by atoms with E-state index in [0.29, 0.717) is 11.2 Å². The fourth-order valence-electron chi connectivity index (χ4n) is 14.8. The van der Waals surface area contributed by atoms with Crippen molar-refractivity contribution in [3.8, 4) is 11.1 Å².